The summed E-state index contributed by atoms with van der Waals surface area (Å²) in [7, 11) is 0. The second-order valence-corrected chi connectivity index (χ2v) is 7.93. The van der Waals surface area contributed by atoms with Gasteiger partial charge in [-0.15, -0.1) is 0 Å². The molecule has 1 aliphatic heterocycles. The van der Waals surface area contributed by atoms with Crippen LogP contribution in [0.15, 0.2) is 30.3 Å². The molecule has 0 saturated carbocycles. The molecule has 2 heterocycles. The molecular weight excluding hydrogens is 375 g/mol. The summed E-state index contributed by atoms with van der Waals surface area (Å²) in [6.07, 6.45) is 0.888. The fraction of sp³-hybridized carbons (Fsp3) is 0.455. The Balaban J connectivity index is 1.89. The van der Waals surface area contributed by atoms with Crippen LogP contribution in [0.25, 0.3) is 11.3 Å². The van der Waals surface area contributed by atoms with E-state index in [-0.39, 0.29) is 16.9 Å². The van der Waals surface area contributed by atoms with Gasteiger partial charge in [0.15, 0.2) is 0 Å². The van der Waals surface area contributed by atoms with Crippen molar-refractivity contribution < 1.29 is 23.4 Å². The van der Waals surface area contributed by atoms with Gasteiger partial charge in [0, 0.05) is 11.6 Å². The number of aromatic nitrogens is 1. The highest BCUT2D eigenvalue weighted by atomic mass is 19.1. The molecule has 0 radical (unpaired) electrons. The van der Waals surface area contributed by atoms with E-state index >= 15 is 0 Å². The average Bonchev–Trinajstić information content (AvgIpc) is 2.65. The average molecular weight is 402 g/mol. The van der Waals surface area contributed by atoms with E-state index in [0.29, 0.717) is 49.4 Å². The van der Waals surface area contributed by atoms with E-state index in [0.717, 1.165) is 6.42 Å². The number of hydrogen-bond acceptors (Lipinski definition) is 5. The second-order valence-electron chi connectivity index (χ2n) is 7.93. The molecule has 6 nitrogen and oxygen atoms in total. The number of carbonyl (C=O) groups is 1. The van der Waals surface area contributed by atoms with Gasteiger partial charge in [-0.25, -0.2) is 9.37 Å². The highest BCUT2D eigenvalue weighted by Gasteiger charge is 2.38. The maximum atomic E-state index is 14.1. The van der Waals surface area contributed by atoms with Gasteiger partial charge in [0.2, 0.25) is 5.88 Å². The van der Waals surface area contributed by atoms with Gasteiger partial charge in [-0.3, -0.25) is 4.79 Å². The van der Waals surface area contributed by atoms with Gasteiger partial charge in [0.25, 0.3) is 5.91 Å². The molecule has 1 fully saturated rings. The van der Waals surface area contributed by atoms with Crippen LogP contribution in [0, 0.1) is 17.2 Å². The zero-order valence-electron chi connectivity index (χ0n) is 17.0. The van der Waals surface area contributed by atoms with Crippen LogP contribution in [-0.2, 0) is 4.74 Å². The third-order valence-corrected chi connectivity index (χ3v) is 4.96. The molecule has 1 amide bonds. The van der Waals surface area contributed by atoms with Gasteiger partial charge in [-0.2, -0.15) is 0 Å². The molecule has 3 rings (SSSR count). The first kappa shape index (κ1) is 21.0. The van der Waals surface area contributed by atoms with Crippen LogP contribution in [0.3, 0.4) is 0 Å². The Morgan fingerprint density at radius 3 is 2.62 bits per heavy atom. The molecule has 0 unspecified atom stereocenters. The van der Waals surface area contributed by atoms with Crippen molar-refractivity contribution in [2.45, 2.75) is 27.2 Å². The molecular formula is C22H27FN2O4. The summed E-state index contributed by atoms with van der Waals surface area (Å²) >= 11 is 0. The van der Waals surface area contributed by atoms with Crippen molar-refractivity contribution in [1.82, 2.24) is 4.98 Å². The van der Waals surface area contributed by atoms with Gasteiger partial charge < -0.3 is 19.9 Å². The largest absolute Gasteiger partial charge is 0.493 e. The van der Waals surface area contributed by atoms with Crippen LogP contribution >= 0.6 is 0 Å². The summed E-state index contributed by atoms with van der Waals surface area (Å²) in [5.74, 6) is -0.177. The molecule has 1 aliphatic rings. The van der Waals surface area contributed by atoms with E-state index in [1.807, 2.05) is 13.8 Å². The summed E-state index contributed by atoms with van der Waals surface area (Å²) < 4.78 is 31.0. The number of halogens is 1. The molecule has 7 heteroatoms. The lowest BCUT2D eigenvalue weighted by molar-refractivity contribution is -0.134. The van der Waals surface area contributed by atoms with Crippen molar-refractivity contribution in [3.8, 4) is 22.9 Å². The number of carbonyl (C=O) groups excluding carboxylic acids is 1. The summed E-state index contributed by atoms with van der Waals surface area (Å²) in [5.41, 5.74) is 6.58. The third kappa shape index (κ3) is 5.03. The molecule has 1 aromatic heterocycles. The molecule has 0 spiro atoms. The highest BCUT2D eigenvalue weighted by Crippen LogP contribution is 2.33. The van der Waals surface area contributed by atoms with Crippen LogP contribution in [0.1, 0.15) is 37.6 Å². The first-order valence-electron chi connectivity index (χ1n) is 9.77. The number of hydrogen-bond donors (Lipinski definition) is 1. The number of primary amides is 1. The van der Waals surface area contributed by atoms with Crippen LogP contribution in [0.4, 0.5) is 4.39 Å². The Morgan fingerprint density at radius 1 is 1.28 bits per heavy atom. The molecule has 0 bridgehead atoms. The monoisotopic (exact) mass is 402 g/mol. The number of pyridine rings is 1. The number of nitrogens with two attached hydrogens (primary N) is 1. The van der Waals surface area contributed by atoms with Crippen LogP contribution in [-0.4, -0.2) is 37.3 Å². The van der Waals surface area contributed by atoms with E-state index in [9.17, 15) is 9.18 Å². The lowest BCUT2D eigenvalue weighted by atomic mass is 9.84. The van der Waals surface area contributed by atoms with E-state index in [4.69, 9.17) is 19.9 Å². The van der Waals surface area contributed by atoms with Crippen molar-refractivity contribution in [3.05, 3.63) is 41.7 Å². The van der Waals surface area contributed by atoms with Gasteiger partial charge in [-0.05, 0) is 36.6 Å². The van der Waals surface area contributed by atoms with Gasteiger partial charge in [0.05, 0.1) is 37.5 Å². The molecule has 2 N–H and O–H groups in total. The number of amides is 1. The molecule has 2 aromatic rings. The number of rotatable bonds is 9. The smallest absolute Gasteiger partial charge is 0.254 e. The minimum absolute atomic E-state index is 0.0800. The maximum absolute atomic E-state index is 14.1. The van der Waals surface area contributed by atoms with Gasteiger partial charge >= 0.3 is 0 Å². The Kier molecular flexibility index (Phi) is 6.37. The van der Waals surface area contributed by atoms with E-state index in [2.05, 4.69) is 11.9 Å². The first-order valence-corrected chi connectivity index (χ1v) is 9.77. The fourth-order valence-corrected chi connectivity index (χ4v) is 2.96. The predicted octanol–water partition coefficient (Wildman–Crippen LogP) is 3.83. The maximum Gasteiger partial charge on any atom is 0.254 e. The normalized spacial score (nSPS) is 15.1. The molecule has 0 atom stereocenters. The quantitative estimate of drug-likeness (QED) is 0.689. The fourth-order valence-electron chi connectivity index (χ4n) is 2.96. The highest BCUT2D eigenvalue weighted by molar-refractivity contribution is 5.95. The molecule has 29 heavy (non-hydrogen) atoms. The third-order valence-electron chi connectivity index (χ3n) is 4.96. The number of ether oxygens (including phenoxy) is 3. The topological polar surface area (TPSA) is 83.7 Å². The van der Waals surface area contributed by atoms with Crippen molar-refractivity contribution in [1.29, 1.82) is 0 Å². The van der Waals surface area contributed by atoms with E-state index in [1.54, 1.807) is 18.2 Å². The van der Waals surface area contributed by atoms with Crippen molar-refractivity contribution in [2.75, 3.05) is 26.4 Å². The summed E-state index contributed by atoms with van der Waals surface area (Å²) in [5, 5.41) is 0. The van der Waals surface area contributed by atoms with Crippen LogP contribution in [0.5, 0.6) is 11.6 Å². The van der Waals surface area contributed by atoms with Crippen molar-refractivity contribution in [3.63, 3.8) is 0 Å². The molecule has 0 aliphatic carbocycles. The number of benzene rings is 1. The molecule has 1 saturated heterocycles. The first-order chi connectivity index (χ1) is 13.8. The predicted molar refractivity (Wildman–Crippen MR) is 108 cm³/mol. The summed E-state index contributed by atoms with van der Waals surface area (Å²) in [6.45, 7) is 8.16. The Labute approximate surface area is 170 Å². The van der Waals surface area contributed by atoms with Gasteiger partial charge in [0.1, 0.15) is 17.1 Å². The summed E-state index contributed by atoms with van der Waals surface area (Å²) in [6, 6.07) is 7.59. The van der Waals surface area contributed by atoms with E-state index in [1.165, 1.54) is 12.1 Å². The SMILES string of the molecule is CCC1(COc2nc(-c3cc(F)cc(OCC(C)C)c3)ccc2C(N)=O)COC1. The zero-order chi connectivity index (χ0) is 21.0. The lowest BCUT2D eigenvalue weighted by Crippen LogP contribution is -2.46. The van der Waals surface area contributed by atoms with Crippen molar-refractivity contribution in [2.24, 2.45) is 17.1 Å². The van der Waals surface area contributed by atoms with Crippen LogP contribution in [0.2, 0.25) is 0 Å². The second kappa shape index (κ2) is 8.78. The standard InChI is InChI=1S/C22H27FN2O4/c1-4-22(11-27-12-22)13-29-21-18(20(24)26)5-6-19(25-21)15-7-16(23)9-17(8-15)28-10-14(2)3/h5-9,14H,4,10-13H2,1-3H3,(H2,24,26). The minimum atomic E-state index is -0.630. The number of nitrogens with zero attached hydrogens (tertiary/aromatic N) is 1. The van der Waals surface area contributed by atoms with Gasteiger partial charge in [-0.1, -0.05) is 20.8 Å². The Hall–Kier alpha value is -2.67. The van der Waals surface area contributed by atoms with Crippen molar-refractivity contribution >= 4 is 5.91 Å². The molecule has 1 aromatic carbocycles. The zero-order valence-corrected chi connectivity index (χ0v) is 17.0. The lowest BCUT2D eigenvalue weighted by Gasteiger charge is -2.40. The summed E-state index contributed by atoms with van der Waals surface area (Å²) in [4.78, 5) is 16.3. The van der Waals surface area contributed by atoms with E-state index < -0.39 is 11.7 Å². The molecule has 156 valence electrons. The Morgan fingerprint density at radius 2 is 2.03 bits per heavy atom. The Bertz CT molecular complexity index is 876. The van der Waals surface area contributed by atoms with Crippen LogP contribution < -0.4 is 15.2 Å². The minimum Gasteiger partial charge on any atom is -0.493 e.